The molecule has 0 radical (unpaired) electrons. The number of carbonyl (C=O) groups is 2. The molecule has 1 atom stereocenters. The highest BCUT2D eigenvalue weighted by atomic mass is 19.1. The Bertz CT molecular complexity index is 759. The average Bonchev–Trinajstić information content (AvgIpc) is 2.58. The Labute approximate surface area is 145 Å². The number of benzene rings is 2. The first-order valence-corrected chi connectivity index (χ1v) is 7.92. The van der Waals surface area contributed by atoms with Crippen LogP contribution in [0, 0.1) is 12.7 Å². The molecule has 132 valence electrons. The first kappa shape index (κ1) is 18.4. The molecule has 1 unspecified atom stereocenters. The molecule has 0 saturated heterocycles. The number of hydrogen-bond donors (Lipinski definition) is 1. The van der Waals surface area contributed by atoms with Gasteiger partial charge in [0.05, 0.1) is 12.2 Å². The van der Waals surface area contributed by atoms with E-state index in [9.17, 15) is 14.0 Å². The topological polar surface area (TPSA) is 64.6 Å². The molecule has 2 aromatic carbocycles. The van der Waals surface area contributed by atoms with Crippen molar-refractivity contribution >= 4 is 17.6 Å². The van der Waals surface area contributed by atoms with Crippen LogP contribution in [0.15, 0.2) is 42.5 Å². The van der Waals surface area contributed by atoms with E-state index in [0.717, 1.165) is 0 Å². The maximum Gasteiger partial charge on any atom is 0.338 e. The van der Waals surface area contributed by atoms with E-state index in [1.807, 2.05) is 0 Å². The second kappa shape index (κ2) is 8.28. The summed E-state index contributed by atoms with van der Waals surface area (Å²) in [6.45, 7) is 5.32. The van der Waals surface area contributed by atoms with Gasteiger partial charge in [0.2, 0.25) is 0 Å². The molecule has 0 heterocycles. The van der Waals surface area contributed by atoms with Gasteiger partial charge in [0.15, 0.2) is 6.10 Å². The van der Waals surface area contributed by atoms with Crippen LogP contribution in [0.3, 0.4) is 0 Å². The van der Waals surface area contributed by atoms with Crippen LogP contribution in [0.25, 0.3) is 0 Å². The number of halogens is 1. The monoisotopic (exact) mass is 345 g/mol. The van der Waals surface area contributed by atoms with E-state index in [1.54, 1.807) is 39.0 Å². The van der Waals surface area contributed by atoms with Gasteiger partial charge in [-0.1, -0.05) is 6.07 Å². The number of carbonyl (C=O) groups excluding carboxylic acids is 2. The molecular weight excluding hydrogens is 325 g/mol. The van der Waals surface area contributed by atoms with Gasteiger partial charge in [-0.3, -0.25) is 4.79 Å². The molecule has 2 aromatic rings. The summed E-state index contributed by atoms with van der Waals surface area (Å²) in [4.78, 5) is 24.2. The highest BCUT2D eigenvalue weighted by Crippen LogP contribution is 2.21. The first-order chi connectivity index (χ1) is 11.9. The van der Waals surface area contributed by atoms with Gasteiger partial charge >= 0.3 is 5.97 Å². The van der Waals surface area contributed by atoms with Crippen molar-refractivity contribution < 1.29 is 23.5 Å². The third kappa shape index (κ3) is 4.79. The number of ether oxygens (including phenoxy) is 2. The lowest BCUT2D eigenvalue weighted by molar-refractivity contribution is -0.122. The fourth-order valence-corrected chi connectivity index (χ4v) is 2.21. The van der Waals surface area contributed by atoms with E-state index >= 15 is 0 Å². The van der Waals surface area contributed by atoms with Gasteiger partial charge < -0.3 is 14.8 Å². The molecule has 0 fully saturated rings. The van der Waals surface area contributed by atoms with Crippen molar-refractivity contribution in [2.45, 2.75) is 26.9 Å². The zero-order valence-corrected chi connectivity index (χ0v) is 14.3. The van der Waals surface area contributed by atoms with Crippen molar-refractivity contribution in [3.8, 4) is 5.75 Å². The van der Waals surface area contributed by atoms with Gasteiger partial charge in [-0.15, -0.1) is 0 Å². The number of hydrogen-bond acceptors (Lipinski definition) is 4. The van der Waals surface area contributed by atoms with Crippen LogP contribution in [0.1, 0.15) is 29.8 Å². The Balaban J connectivity index is 2.08. The Kier molecular flexibility index (Phi) is 6.11. The molecule has 0 saturated carbocycles. The van der Waals surface area contributed by atoms with Crippen LogP contribution in [-0.4, -0.2) is 24.6 Å². The molecule has 1 N–H and O–H groups in total. The zero-order chi connectivity index (χ0) is 18.4. The first-order valence-electron chi connectivity index (χ1n) is 7.92. The summed E-state index contributed by atoms with van der Waals surface area (Å²) in [7, 11) is 0. The smallest absolute Gasteiger partial charge is 0.338 e. The van der Waals surface area contributed by atoms with Crippen molar-refractivity contribution in [3.05, 3.63) is 59.4 Å². The van der Waals surface area contributed by atoms with Gasteiger partial charge in [-0.2, -0.15) is 0 Å². The van der Waals surface area contributed by atoms with Crippen LogP contribution in [0.5, 0.6) is 5.75 Å². The number of rotatable bonds is 6. The fraction of sp³-hybridized carbons (Fsp3) is 0.263. The van der Waals surface area contributed by atoms with Gasteiger partial charge in [0.25, 0.3) is 5.91 Å². The Morgan fingerprint density at radius 2 is 1.84 bits per heavy atom. The van der Waals surface area contributed by atoms with Crippen molar-refractivity contribution in [3.63, 3.8) is 0 Å². The molecule has 1 amide bonds. The van der Waals surface area contributed by atoms with E-state index in [4.69, 9.17) is 9.47 Å². The highest BCUT2D eigenvalue weighted by Gasteiger charge is 2.18. The lowest BCUT2D eigenvalue weighted by Crippen LogP contribution is -2.30. The Morgan fingerprint density at radius 3 is 2.48 bits per heavy atom. The molecule has 0 aromatic heterocycles. The summed E-state index contributed by atoms with van der Waals surface area (Å²) in [6, 6.07) is 10.4. The molecule has 2 rings (SSSR count). The van der Waals surface area contributed by atoms with E-state index in [1.165, 1.54) is 24.3 Å². The summed E-state index contributed by atoms with van der Waals surface area (Å²) < 4.78 is 23.4. The van der Waals surface area contributed by atoms with Crippen LogP contribution in [0.2, 0.25) is 0 Å². The summed E-state index contributed by atoms with van der Waals surface area (Å²) in [5, 5.41) is 2.73. The minimum atomic E-state index is -0.795. The normalized spacial score (nSPS) is 11.5. The van der Waals surface area contributed by atoms with Crippen molar-refractivity contribution in [1.29, 1.82) is 0 Å². The van der Waals surface area contributed by atoms with Crippen LogP contribution >= 0.6 is 0 Å². The molecule has 6 heteroatoms. The molecular formula is C19H20FNO4. The minimum absolute atomic E-state index is 0.275. The third-order valence-corrected chi connectivity index (χ3v) is 3.58. The van der Waals surface area contributed by atoms with Crippen LogP contribution in [-0.2, 0) is 9.53 Å². The summed E-state index contributed by atoms with van der Waals surface area (Å²) >= 11 is 0. The zero-order valence-electron chi connectivity index (χ0n) is 14.3. The predicted molar refractivity (Wildman–Crippen MR) is 92.3 cm³/mol. The third-order valence-electron chi connectivity index (χ3n) is 3.58. The molecule has 0 aliphatic heterocycles. The van der Waals surface area contributed by atoms with Crippen molar-refractivity contribution in [2.24, 2.45) is 0 Å². The van der Waals surface area contributed by atoms with Crippen LogP contribution in [0.4, 0.5) is 10.1 Å². The fourth-order valence-electron chi connectivity index (χ4n) is 2.21. The van der Waals surface area contributed by atoms with E-state index in [0.29, 0.717) is 22.6 Å². The number of anilines is 1. The maximum atomic E-state index is 12.9. The highest BCUT2D eigenvalue weighted by molar-refractivity contribution is 5.98. The van der Waals surface area contributed by atoms with Crippen molar-refractivity contribution in [1.82, 2.24) is 0 Å². The number of amides is 1. The van der Waals surface area contributed by atoms with Gasteiger partial charge in [0, 0.05) is 5.69 Å². The predicted octanol–water partition coefficient (Wildman–Crippen LogP) is 3.72. The summed E-state index contributed by atoms with van der Waals surface area (Å²) in [6.07, 6.45) is -0.795. The molecule has 5 nitrogen and oxygen atoms in total. The van der Waals surface area contributed by atoms with Gasteiger partial charge in [0.1, 0.15) is 11.6 Å². The molecule has 0 aliphatic carbocycles. The lowest BCUT2D eigenvalue weighted by Gasteiger charge is -2.16. The summed E-state index contributed by atoms with van der Waals surface area (Å²) in [5.41, 5.74) is 1.51. The molecule has 0 aliphatic rings. The van der Waals surface area contributed by atoms with Crippen LogP contribution < -0.4 is 10.1 Å². The van der Waals surface area contributed by atoms with Gasteiger partial charge in [-0.25, -0.2) is 9.18 Å². The second-order valence-corrected chi connectivity index (χ2v) is 5.40. The Hall–Kier alpha value is -2.89. The van der Waals surface area contributed by atoms with E-state index < -0.39 is 12.1 Å². The van der Waals surface area contributed by atoms with E-state index in [2.05, 4.69) is 5.32 Å². The molecule has 0 spiro atoms. The van der Waals surface area contributed by atoms with Crippen molar-refractivity contribution in [2.75, 3.05) is 11.9 Å². The standard InChI is InChI=1S/C19H20FNO4/c1-4-24-19(23)16-6-5-7-17(12(16)2)21-18(22)13(3)25-15-10-8-14(20)9-11-15/h5-11,13H,4H2,1-3H3,(H,21,22). The van der Waals surface area contributed by atoms with E-state index in [-0.39, 0.29) is 18.3 Å². The largest absolute Gasteiger partial charge is 0.481 e. The SMILES string of the molecule is CCOC(=O)c1cccc(NC(=O)C(C)Oc2ccc(F)cc2)c1C. The second-order valence-electron chi connectivity index (χ2n) is 5.40. The number of esters is 1. The Morgan fingerprint density at radius 1 is 1.16 bits per heavy atom. The molecule has 25 heavy (non-hydrogen) atoms. The quantitative estimate of drug-likeness (QED) is 0.811. The lowest BCUT2D eigenvalue weighted by atomic mass is 10.1. The minimum Gasteiger partial charge on any atom is -0.481 e. The number of nitrogens with one attached hydrogen (secondary N) is 1. The average molecular weight is 345 g/mol. The summed E-state index contributed by atoms with van der Waals surface area (Å²) in [5.74, 6) is -0.808. The molecule has 0 bridgehead atoms. The van der Waals surface area contributed by atoms with Gasteiger partial charge in [-0.05, 0) is 62.7 Å². The maximum absolute atomic E-state index is 12.9.